The van der Waals surface area contributed by atoms with Crippen molar-refractivity contribution in [3.05, 3.63) is 65.2 Å². The summed E-state index contributed by atoms with van der Waals surface area (Å²) in [4.78, 5) is 4.30. The molecule has 0 saturated heterocycles. The number of hydrogen-bond acceptors (Lipinski definition) is 2. The van der Waals surface area contributed by atoms with E-state index in [4.69, 9.17) is 0 Å². The summed E-state index contributed by atoms with van der Waals surface area (Å²) in [6.45, 7) is 2.87. The lowest BCUT2D eigenvalue weighted by molar-refractivity contribution is 0.289. The van der Waals surface area contributed by atoms with Crippen molar-refractivity contribution in [2.75, 3.05) is 0 Å². The van der Waals surface area contributed by atoms with Crippen LogP contribution in [-0.4, -0.2) is 11.0 Å². The molecule has 1 heterocycles. The fourth-order valence-corrected chi connectivity index (χ4v) is 2.66. The monoisotopic (exact) mass is 270 g/mol. The summed E-state index contributed by atoms with van der Waals surface area (Å²) in [7, 11) is 0. The van der Waals surface area contributed by atoms with Crippen LogP contribution in [-0.2, 0) is 6.54 Å². The quantitative estimate of drug-likeness (QED) is 0.918. The van der Waals surface area contributed by atoms with Crippen LogP contribution in [0.15, 0.2) is 42.6 Å². The molecule has 0 amide bonds. The molecule has 1 N–H and O–H groups in total. The van der Waals surface area contributed by atoms with Gasteiger partial charge in [-0.25, -0.2) is 4.39 Å². The van der Waals surface area contributed by atoms with E-state index < -0.39 is 0 Å². The van der Waals surface area contributed by atoms with E-state index in [9.17, 15) is 4.39 Å². The fraction of sp³-hybridized carbons (Fsp3) is 0.353. The molecule has 0 unspecified atom stereocenters. The molecule has 0 bridgehead atoms. The van der Waals surface area contributed by atoms with Gasteiger partial charge in [0.2, 0.25) is 0 Å². The van der Waals surface area contributed by atoms with E-state index in [0.717, 1.165) is 25.1 Å². The normalized spacial score (nSPS) is 21.5. The zero-order valence-corrected chi connectivity index (χ0v) is 11.6. The molecule has 1 aliphatic carbocycles. The average molecular weight is 270 g/mol. The minimum absolute atomic E-state index is 0.158. The van der Waals surface area contributed by atoms with E-state index in [1.54, 1.807) is 12.1 Å². The SMILES string of the molecule is Cc1ccc(CNC2CC(c3ccc(F)cc3)C2)cn1. The lowest BCUT2D eigenvalue weighted by atomic mass is 9.76. The highest BCUT2D eigenvalue weighted by molar-refractivity contribution is 5.23. The molecule has 0 atom stereocenters. The maximum Gasteiger partial charge on any atom is 0.123 e. The predicted molar refractivity (Wildman–Crippen MR) is 78.0 cm³/mol. The molecule has 1 saturated carbocycles. The van der Waals surface area contributed by atoms with E-state index in [0.29, 0.717) is 12.0 Å². The van der Waals surface area contributed by atoms with Crippen LogP contribution in [0.4, 0.5) is 4.39 Å². The Balaban J connectivity index is 1.46. The molecule has 1 fully saturated rings. The van der Waals surface area contributed by atoms with Gasteiger partial charge in [0.25, 0.3) is 0 Å². The van der Waals surface area contributed by atoms with E-state index in [1.807, 2.05) is 31.3 Å². The van der Waals surface area contributed by atoms with Gasteiger partial charge in [0, 0.05) is 24.5 Å². The summed E-state index contributed by atoms with van der Waals surface area (Å²) in [5.41, 5.74) is 3.52. The summed E-state index contributed by atoms with van der Waals surface area (Å²) in [5.74, 6) is 0.416. The first-order chi connectivity index (χ1) is 9.70. The molecule has 0 aliphatic heterocycles. The molecule has 1 aromatic heterocycles. The van der Waals surface area contributed by atoms with Crippen molar-refractivity contribution < 1.29 is 4.39 Å². The number of halogens is 1. The molecule has 2 aromatic rings. The Hall–Kier alpha value is -1.74. The third-order valence-corrected chi connectivity index (χ3v) is 4.05. The molecule has 20 heavy (non-hydrogen) atoms. The third-order valence-electron chi connectivity index (χ3n) is 4.05. The highest BCUT2D eigenvalue weighted by atomic mass is 19.1. The Morgan fingerprint density at radius 3 is 2.55 bits per heavy atom. The zero-order valence-electron chi connectivity index (χ0n) is 11.6. The zero-order chi connectivity index (χ0) is 13.9. The highest BCUT2D eigenvalue weighted by Gasteiger charge is 2.29. The van der Waals surface area contributed by atoms with Crippen LogP contribution in [0.25, 0.3) is 0 Å². The molecule has 0 spiro atoms. The van der Waals surface area contributed by atoms with Gasteiger partial charge in [0.1, 0.15) is 5.82 Å². The van der Waals surface area contributed by atoms with Crippen molar-refractivity contribution in [1.82, 2.24) is 10.3 Å². The van der Waals surface area contributed by atoms with Crippen molar-refractivity contribution in [3.8, 4) is 0 Å². The second kappa shape index (κ2) is 5.71. The van der Waals surface area contributed by atoms with Crippen LogP contribution in [0.1, 0.15) is 35.6 Å². The van der Waals surface area contributed by atoms with Gasteiger partial charge in [-0.1, -0.05) is 18.2 Å². The second-order valence-electron chi connectivity index (χ2n) is 5.61. The lowest BCUT2D eigenvalue weighted by Crippen LogP contribution is -2.39. The molecule has 1 aliphatic rings. The van der Waals surface area contributed by atoms with Crippen molar-refractivity contribution in [2.45, 2.75) is 38.3 Å². The minimum atomic E-state index is -0.158. The number of pyridine rings is 1. The predicted octanol–water partition coefficient (Wildman–Crippen LogP) is 3.56. The molecular formula is C17H19FN2. The first kappa shape index (κ1) is 13.3. The Morgan fingerprint density at radius 1 is 1.15 bits per heavy atom. The van der Waals surface area contributed by atoms with Crippen molar-refractivity contribution >= 4 is 0 Å². The van der Waals surface area contributed by atoms with Crippen molar-refractivity contribution in [2.24, 2.45) is 0 Å². The van der Waals surface area contributed by atoms with Gasteiger partial charge in [-0.15, -0.1) is 0 Å². The molecule has 3 heteroatoms. The standard InChI is InChI=1S/C17H19FN2/c1-12-2-3-13(10-19-12)11-20-17-8-15(9-17)14-4-6-16(18)7-5-14/h2-7,10,15,17,20H,8-9,11H2,1H3. The maximum atomic E-state index is 12.9. The van der Waals surface area contributed by atoms with Crippen LogP contribution >= 0.6 is 0 Å². The van der Waals surface area contributed by atoms with E-state index >= 15 is 0 Å². The smallest absolute Gasteiger partial charge is 0.123 e. The first-order valence-electron chi connectivity index (χ1n) is 7.11. The van der Waals surface area contributed by atoms with Crippen LogP contribution in [0, 0.1) is 12.7 Å². The second-order valence-corrected chi connectivity index (χ2v) is 5.61. The first-order valence-corrected chi connectivity index (χ1v) is 7.11. The van der Waals surface area contributed by atoms with Gasteiger partial charge in [-0.2, -0.15) is 0 Å². The summed E-state index contributed by atoms with van der Waals surface area (Å²) in [6, 6.07) is 11.6. The molecule has 1 aromatic carbocycles. The summed E-state index contributed by atoms with van der Waals surface area (Å²) >= 11 is 0. The van der Waals surface area contributed by atoms with Gasteiger partial charge >= 0.3 is 0 Å². The number of aryl methyl sites for hydroxylation is 1. The number of nitrogens with zero attached hydrogens (tertiary/aromatic N) is 1. The van der Waals surface area contributed by atoms with Gasteiger partial charge < -0.3 is 5.32 Å². The number of hydrogen-bond donors (Lipinski definition) is 1. The van der Waals surface area contributed by atoms with E-state index in [1.165, 1.54) is 11.1 Å². The summed E-state index contributed by atoms with van der Waals surface area (Å²) < 4.78 is 12.9. The van der Waals surface area contributed by atoms with E-state index in [2.05, 4.69) is 16.4 Å². The molecule has 0 radical (unpaired) electrons. The van der Waals surface area contributed by atoms with Crippen LogP contribution in [0.2, 0.25) is 0 Å². The molecule has 2 nitrogen and oxygen atoms in total. The van der Waals surface area contributed by atoms with Crippen LogP contribution in [0.5, 0.6) is 0 Å². The van der Waals surface area contributed by atoms with Gasteiger partial charge in [-0.3, -0.25) is 4.98 Å². The van der Waals surface area contributed by atoms with Crippen molar-refractivity contribution in [3.63, 3.8) is 0 Å². The summed E-state index contributed by atoms with van der Waals surface area (Å²) in [5, 5.41) is 3.55. The number of aromatic nitrogens is 1. The van der Waals surface area contributed by atoms with E-state index in [-0.39, 0.29) is 5.82 Å². The topological polar surface area (TPSA) is 24.9 Å². The maximum absolute atomic E-state index is 12.9. The Labute approximate surface area is 119 Å². The Bertz CT molecular complexity index is 554. The fourth-order valence-electron chi connectivity index (χ4n) is 2.66. The molecule has 3 rings (SSSR count). The third kappa shape index (κ3) is 3.05. The largest absolute Gasteiger partial charge is 0.310 e. The van der Waals surface area contributed by atoms with Crippen LogP contribution in [0.3, 0.4) is 0 Å². The number of nitrogens with one attached hydrogen (secondary N) is 1. The number of rotatable bonds is 4. The summed E-state index contributed by atoms with van der Waals surface area (Å²) in [6.07, 6.45) is 4.19. The number of benzene rings is 1. The van der Waals surface area contributed by atoms with Gasteiger partial charge in [0.05, 0.1) is 0 Å². The minimum Gasteiger partial charge on any atom is -0.310 e. The average Bonchev–Trinajstić information content (AvgIpc) is 2.41. The molecular weight excluding hydrogens is 251 g/mol. The van der Waals surface area contributed by atoms with Gasteiger partial charge in [-0.05, 0) is 55.0 Å². The lowest BCUT2D eigenvalue weighted by Gasteiger charge is -2.36. The highest BCUT2D eigenvalue weighted by Crippen LogP contribution is 2.36. The van der Waals surface area contributed by atoms with Crippen LogP contribution < -0.4 is 5.32 Å². The molecule has 104 valence electrons. The Morgan fingerprint density at radius 2 is 1.90 bits per heavy atom. The van der Waals surface area contributed by atoms with Gasteiger partial charge in [0.15, 0.2) is 0 Å². The van der Waals surface area contributed by atoms with Crippen molar-refractivity contribution in [1.29, 1.82) is 0 Å². The Kier molecular flexibility index (Phi) is 3.79.